The van der Waals surface area contributed by atoms with Crippen molar-refractivity contribution in [3.63, 3.8) is 0 Å². The quantitative estimate of drug-likeness (QED) is 0.511. The largest absolute Gasteiger partial charge is 0.503 e. The van der Waals surface area contributed by atoms with E-state index < -0.39 is 11.5 Å². The lowest BCUT2D eigenvalue weighted by Crippen LogP contribution is -1.99. The van der Waals surface area contributed by atoms with Gasteiger partial charge in [0.2, 0.25) is 5.89 Å². The monoisotopic (exact) mass is 333 g/mol. The van der Waals surface area contributed by atoms with E-state index in [1.807, 2.05) is 13.8 Å². The van der Waals surface area contributed by atoms with Crippen molar-refractivity contribution in [3.8, 4) is 0 Å². The minimum absolute atomic E-state index is 0.0529. The number of ketones is 1. The number of hydrogen-bond donors (Lipinski definition) is 1. The molecule has 1 aromatic carbocycles. The van der Waals surface area contributed by atoms with E-state index in [-0.39, 0.29) is 23.3 Å². The molecular weight excluding hydrogens is 313 g/mol. The third kappa shape index (κ3) is 5.12. The predicted octanol–water partition coefficient (Wildman–Crippen LogP) is 3.73. The molecule has 1 heterocycles. The lowest BCUT2D eigenvalue weighted by atomic mass is 10.1. The summed E-state index contributed by atoms with van der Waals surface area (Å²) < 4.78 is 18.3. The van der Waals surface area contributed by atoms with Gasteiger partial charge in [0.25, 0.3) is 5.89 Å². The van der Waals surface area contributed by atoms with Crippen LogP contribution in [0.4, 0.5) is 4.39 Å². The van der Waals surface area contributed by atoms with Crippen LogP contribution in [0.1, 0.15) is 45.0 Å². The molecule has 0 atom stereocenters. The van der Waals surface area contributed by atoms with Crippen LogP contribution in [-0.4, -0.2) is 27.3 Å². The zero-order chi connectivity index (χ0) is 18.1. The van der Waals surface area contributed by atoms with Crippen molar-refractivity contribution < 1.29 is 18.7 Å². The Balaban J connectivity index is 0.00000139. The first-order chi connectivity index (χ1) is 11.5. The number of nitrogens with zero attached hydrogens (tertiary/aromatic N) is 3. The summed E-state index contributed by atoms with van der Waals surface area (Å²) in [5, 5.41) is 17.4. The molecule has 0 spiro atoms. The Hall–Kier alpha value is -2.83. The normalized spacial score (nSPS) is 11.7. The summed E-state index contributed by atoms with van der Waals surface area (Å²) in [6.07, 6.45) is 1.70. The molecule has 2 aromatic rings. The van der Waals surface area contributed by atoms with E-state index in [1.54, 1.807) is 19.1 Å². The molecular formula is C17H20FN3O3. The van der Waals surface area contributed by atoms with Gasteiger partial charge in [-0.25, -0.2) is 4.39 Å². The van der Waals surface area contributed by atoms with Crippen LogP contribution in [0.5, 0.6) is 0 Å². The highest BCUT2D eigenvalue weighted by Crippen LogP contribution is 2.19. The number of allylic oxidation sites excluding steroid dienone is 1. The molecule has 0 saturated carbocycles. The predicted molar refractivity (Wildman–Crippen MR) is 89.2 cm³/mol. The number of Topliss-reactive ketones (excluding diaryl/α,β-unsaturated/α-hetero) is 1. The van der Waals surface area contributed by atoms with Gasteiger partial charge in [-0.05, 0) is 24.6 Å². The van der Waals surface area contributed by atoms with Crippen molar-refractivity contribution in [2.24, 2.45) is 4.99 Å². The maximum atomic E-state index is 12.9. The van der Waals surface area contributed by atoms with E-state index in [4.69, 9.17) is 4.42 Å². The van der Waals surface area contributed by atoms with Gasteiger partial charge in [-0.3, -0.25) is 9.79 Å². The van der Waals surface area contributed by atoms with Gasteiger partial charge in [0.05, 0.1) is 6.42 Å². The van der Waals surface area contributed by atoms with Crippen molar-refractivity contribution >= 4 is 17.7 Å². The zero-order valence-electron chi connectivity index (χ0n) is 14.1. The summed E-state index contributed by atoms with van der Waals surface area (Å²) in [6.45, 7) is 6.83. The van der Waals surface area contributed by atoms with Gasteiger partial charge < -0.3 is 9.52 Å². The molecule has 24 heavy (non-hydrogen) atoms. The SMILES string of the molecule is CC.CC=N/C(=C(/O)C(C)=O)c1nnc(Cc2ccc(F)cc2)o1. The number of aliphatic hydroxyl groups excluding tert-OH is 1. The Kier molecular flexibility index (Phi) is 7.48. The van der Waals surface area contributed by atoms with Crippen LogP contribution in [0.15, 0.2) is 39.4 Å². The lowest BCUT2D eigenvalue weighted by Gasteiger charge is -1.99. The summed E-state index contributed by atoms with van der Waals surface area (Å²) in [7, 11) is 0. The highest BCUT2D eigenvalue weighted by molar-refractivity contribution is 5.98. The molecule has 7 heteroatoms. The average Bonchev–Trinajstić information content (AvgIpc) is 3.04. The number of halogens is 1. The number of aliphatic hydroxyl groups is 1. The molecule has 128 valence electrons. The van der Waals surface area contributed by atoms with Crippen LogP contribution in [0.3, 0.4) is 0 Å². The molecule has 0 unspecified atom stereocenters. The van der Waals surface area contributed by atoms with Crippen LogP contribution >= 0.6 is 0 Å². The van der Waals surface area contributed by atoms with Gasteiger partial charge in [-0.1, -0.05) is 26.0 Å². The van der Waals surface area contributed by atoms with Crippen molar-refractivity contribution in [2.75, 3.05) is 0 Å². The van der Waals surface area contributed by atoms with Gasteiger partial charge in [0, 0.05) is 13.1 Å². The Labute approximate surface area is 139 Å². The zero-order valence-corrected chi connectivity index (χ0v) is 14.1. The molecule has 0 fully saturated rings. The molecule has 2 rings (SSSR count). The van der Waals surface area contributed by atoms with Gasteiger partial charge in [0.15, 0.2) is 17.2 Å². The number of aliphatic imine (C=N–C) groups is 1. The minimum Gasteiger partial charge on any atom is -0.503 e. The van der Waals surface area contributed by atoms with Crippen LogP contribution in [-0.2, 0) is 11.2 Å². The second kappa shape index (κ2) is 9.34. The molecule has 1 aromatic heterocycles. The number of carbonyl (C=O) groups excluding carboxylic acids is 1. The number of carbonyl (C=O) groups is 1. The molecule has 1 N–H and O–H groups in total. The van der Waals surface area contributed by atoms with Crippen LogP contribution in [0, 0.1) is 5.82 Å². The number of hydrogen-bond acceptors (Lipinski definition) is 6. The average molecular weight is 333 g/mol. The maximum absolute atomic E-state index is 12.9. The minimum atomic E-state index is -0.557. The molecule has 0 aliphatic heterocycles. The lowest BCUT2D eigenvalue weighted by molar-refractivity contribution is -0.115. The Morgan fingerprint density at radius 1 is 1.29 bits per heavy atom. The molecule has 0 amide bonds. The smallest absolute Gasteiger partial charge is 0.270 e. The van der Waals surface area contributed by atoms with E-state index in [2.05, 4.69) is 15.2 Å². The number of benzene rings is 1. The number of rotatable bonds is 5. The fourth-order valence-electron chi connectivity index (χ4n) is 1.71. The Morgan fingerprint density at radius 3 is 2.46 bits per heavy atom. The molecule has 0 saturated heterocycles. The summed E-state index contributed by atoms with van der Waals surface area (Å²) in [6, 6.07) is 5.88. The fraction of sp³-hybridized carbons (Fsp3) is 0.294. The van der Waals surface area contributed by atoms with Crippen molar-refractivity contribution in [3.05, 3.63) is 53.2 Å². The van der Waals surface area contributed by atoms with Crippen molar-refractivity contribution in [2.45, 2.75) is 34.1 Å². The fourth-order valence-corrected chi connectivity index (χ4v) is 1.71. The third-order valence-electron chi connectivity index (χ3n) is 2.75. The summed E-state index contributed by atoms with van der Waals surface area (Å²) in [5.41, 5.74) is 0.713. The van der Waals surface area contributed by atoms with Crippen molar-refractivity contribution in [1.29, 1.82) is 0 Å². The topological polar surface area (TPSA) is 88.6 Å². The number of aromatic nitrogens is 2. The molecule has 0 aliphatic rings. The Bertz CT molecular complexity index is 734. The first-order valence-electron chi connectivity index (χ1n) is 7.51. The molecule has 6 nitrogen and oxygen atoms in total. The standard InChI is InChI=1S/C15H14FN3O3.C2H6/c1-3-17-13(14(21)9(2)20)15-19-18-12(22-15)8-10-4-6-11(16)7-5-10;1-2/h3-7,21H,8H2,1-2H3;1-2H3/b14-13+,17-3?;. The van der Waals surface area contributed by atoms with E-state index in [0.29, 0.717) is 6.42 Å². The van der Waals surface area contributed by atoms with Crippen molar-refractivity contribution in [1.82, 2.24) is 10.2 Å². The highest BCUT2D eigenvalue weighted by Gasteiger charge is 2.18. The molecule has 0 radical (unpaired) electrons. The third-order valence-corrected chi connectivity index (χ3v) is 2.75. The summed E-state index contributed by atoms with van der Waals surface area (Å²) >= 11 is 0. The first-order valence-corrected chi connectivity index (χ1v) is 7.51. The summed E-state index contributed by atoms with van der Waals surface area (Å²) in [4.78, 5) is 15.1. The highest BCUT2D eigenvalue weighted by atomic mass is 19.1. The maximum Gasteiger partial charge on any atom is 0.270 e. The Morgan fingerprint density at radius 2 is 1.92 bits per heavy atom. The van der Waals surface area contributed by atoms with Gasteiger partial charge >= 0.3 is 0 Å². The van der Waals surface area contributed by atoms with Crippen LogP contribution < -0.4 is 0 Å². The van der Waals surface area contributed by atoms with E-state index in [0.717, 1.165) is 5.56 Å². The second-order valence-corrected chi connectivity index (χ2v) is 4.44. The second-order valence-electron chi connectivity index (χ2n) is 4.44. The summed E-state index contributed by atoms with van der Waals surface area (Å²) in [5.74, 6) is -1.22. The van der Waals surface area contributed by atoms with E-state index in [1.165, 1.54) is 25.3 Å². The molecule has 0 aliphatic carbocycles. The van der Waals surface area contributed by atoms with Gasteiger partial charge in [-0.2, -0.15) is 0 Å². The van der Waals surface area contributed by atoms with Gasteiger partial charge in [0.1, 0.15) is 5.82 Å². The first kappa shape index (κ1) is 19.2. The van der Waals surface area contributed by atoms with E-state index in [9.17, 15) is 14.3 Å². The molecule has 0 bridgehead atoms. The van der Waals surface area contributed by atoms with Crippen LogP contribution in [0.25, 0.3) is 5.70 Å². The van der Waals surface area contributed by atoms with Gasteiger partial charge in [-0.15, -0.1) is 10.2 Å². The van der Waals surface area contributed by atoms with Crippen LogP contribution in [0.2, 0.25) is 0 Å². The van der Waals surface area contributed by atoms with E-state index >= 15 is 0 Å².